The van der Waals surface area contributed by atoms with Crippen molar-refractivity contribution in [3.63, 3.8) is 0 Å². The van der Waals surface area contributed by atoms with Gasteiger partial charge in [-0.05, 0) is 38.2 Å². The highest BCUT2D eigenvalue weighted by Gasteiger charge is 2.46. The first-order valence-corrected chi connectivity index (χ1v) is 12.3. The number of nitrogens with zero attached hydrogens (tertiary/aromatic N) is 2. The summed E-state index contributed by atoms with van der Waals surface area (Å²) in [5, 5.41) is 0. The second-order valence-electron chi connectivity index (χ2n) is 8.31. The fraction of sp³-hybridized carbons (Fsp3) is 0.682. The smallest absolute Gasteiger partial charge is 0.233 e. The number of piperidine rings is 1. The zero-order valence-electron chi connectivity index (χ0n) is 17.3. The number of hydrogen-bond acceptors (Lipinski definition) is 3. The largest absolute Gasteiger partial charge is 0.342 e. The van der Waals surface area contributed by atoms with Crippen LogP contribution in [0.15, 0.2) is 30.3 Å². The lowest BCUT2D eigenvalue weighted by Crippen LogP contribution is -2.55. The van der Waals surface area contributed by atoms with Gasteiger partial charge in [0.25, 0.3) is 0 Å². The van der Waals surface area contributed by atoms with E-state index in [-0.39, 0.29) is 11.7 Å². The Labute approximate surface area is 170 Å². The average Bonchev–Trinajstić information content (AvgIpc) is 3.03. The third kappa shape index (κ3) is 4.28. The van der Waals surface area contributed by atoms with E-state index in [1.807, 2.05) is 42.3 Å². The van der Waals surface area contributed by atoms with E-state index in [2.05, 4.69) is 0 Å². The lowest BCUT2D eigenvalue weighted by Gasteiger charge is -2.44. The first-order chi connectivity index (χ1) is 13.4. The summed E-state index contributed by atoms with van der Waals surface area (Å²) < 4.78 is 26.2. The van der Waals surface area contributed by atoms with Crippen LogP contribution >= 0.6 is 0 Å². The van der Waals surface area contributed by atoms with Gasteiger partial charge in [-0.15, -0.1) is 0 Å². The summed E-state index contributed by atoms with van der Waals surface area (Å²) in [5.74, 6) is 0.278. The highest BCUT2D eigenvalue weighted by Crippen LogP contribution is 2.39. The summed E-state index contributed by atoms with van der Waals surface area (Å²) in [6, 6.07) is 10.3. The fourth-order valence-corrected chi connectivity index (χ4v) is 5.96. The highest BCUT2D eigenvalue weighted by atomic mass is 32.2. The van der Waals surface area contributed by atoms with E-state index in [0.29, 0.717) is 32.0 Å². The van der Waals surface area contributed by atoms with Crippen molar-refractivity contribution in [1.82, 2.24) is 9.21 Å². The van der Waals surface area contributed by atoms with Gasteiger partial charge in [0, 0.05) is 26.2 Å². The summed E-state index contributed by atoms with van der Waals surface area (Å²) in [7, 11) is -1.26. The number of rotatable bonds is 5. The molecule has 0 aromatic heterocycles. The molecule has 0 radical (unpaired) electrons. The van der Waals surface area contributed by atoms with Gasteiger partial charge in [-0.2, -0.15) is 0 Å². The van der Waals surface area contributed by atoms with Crippen LogP contribution in [-0.2, 0) is 20.2 Å². The summed E-state index contributed by atoms with van der Waals surface area (Å²) >= 11 is 0. The first-order valence-electron chi connectivity index (χ1n) is 10.7. The number of carbonyl (C=O) groups is 1. The molecule has 1 amide bonds. The van der Waals surface area contributed by atoms with Crippen LogP contribution in [0.3, 0.4) is 0 Å². The van der Waals surface area contributed by atoms with Gasteiger partial charge < -0.3 is 4.90 Å². The minimum atomic E-state index is -3.22. The van der Waals surface area contributed by atoms with Crippen LogP contribution in [-0.4, -0.2) is 55.5 Å². The summed E-state index contributed by atoms with van der Waals surface area (Å²) in [4.78, 5) is 15.8. The Morgan fingerprint density at radius 3 is 2.18 bits per heavy atom. The molecule has 1 aliphatic heterocycles. The second kappa shape index (κ2) is 8.95. The molecule has 0 unspecified atom stereocenters. The number of carbonyl (C=O) groups excluding carboxylic acids is 1. The van der Waals surface area contributed by atoms with E-state index in [1.54, 1.807) is 11.2 Å². The third-order valence-corrected chi connectivity index (χ3v) is 8.64. The van der Waals surface area contributed by atoms with Crippen LogP contribution in [0, 0.1) is 0 Å². The quantitative estimate of drug-likeness (QED) is 0.703. The van der Waals surface area contributed by atoms with Gasteiger partial charge >= 0.3 is 0 Å². The molecule has 1 aromatic carbocycles. The molecular weight excluding hydrogens is 372 g/mol. The van der Waals surface area contributed by atoms with Crippen molar-refractivity contribution in [3.8, 4) is 0 Å². The van der Waals surface area contributed by atoms with Crippen molar-refractivity contribution in [2.45, 2.75) is 69.7 Å². The monoisotopic (exact) mass is 406 g/mol. The Morgan fingerprint density at radius 2 is 1.64 bits per heavy atom. The van der Waals surface area contributed by atoms with Gasteiger partial charge in [-0.1, -0.05) is 56.0 Å². The molecule has 0 spiro atoms. The molecule has 156 valence electrons. The Balaban J connectivity index is 1.87. The topological polar surface area (TPSA) is 57.7 Å². The van der Waals surface area contributed by atoms with Crippen molar-refractivity contribution in [2.24, 2.45) is 0 Å². The van der Waals surface area contributed by atoms with Gasteiger partial charge in [0.1, 0.15) is 0 Å². The van der Waals surface area contributed by atoms with Gasteiger partial charge in [0.15, 0.2) is 0 Å². The maximum atomic E-state index is 13.8. The Morgan fingerprint density at radius 1 is 1.07 bits per heavy atom. The lowest BCUT2D eigenvalue weighted by molar-refractivity contribution is -0.140. The highest BCUT2D eigenvalue weighted by molar-refractivity contribution is 7.89. The Kier molecular flexibility index (Phi) is 6.81. The van der Waals surface area contributed by atoms with Crippen molar-refractivity contribution < 1.29 is 13.2 Å². The predicted molar refractivity (Wildman–Crippen MR) is 113 cm³/mol. The number of amides is 1. The van der Waals surface area contributed by atoms with Crippen LogP contribution in [0.5, 0.6) is 0 Å². The molecule has 2 fully saturated rings. The maximum Gasteiger partial charge on any atom is 0.233 e. The second-order valence-corrected chi connectivity index (χ2v) is 10.6. The van der Waals surface area contributed by atoms with Gasteiger partial charge in [-0.3, -0.25) is 4.79 Å². The normalized spacial score (nSPS) is 21.8. The first kappa shape index (κ1) is 21.3. The van der Waals surface area contributed by atoms with E-state index < -0.39 is 15.4 Å². The van der Waals surface area contributed by atoms with E-state index in [1.165, 1.54) is 25.7 Å². The van der Waals surface area contributed by atoms with Gasteiger partial charge in [0.05, 0.1) is 11.2 Å². The SMILES string of the molecule is CCS(=O)(=O)N1CCC(C(=O)N(C)C2CCCCCC2)(c2ccccc2)CC1. The van der Waals surface area contributed by atoms with Crippen LogP contribution in [0.1, 0.15) is 63.9 Å². The van der Waals surface area contributed by atoms with Gasteiger partial charge in [-0.25, -0.2) is 12.7 Å². The van der Waals surface area contributed by atoms with Gasteiger partial charge in [0.2, 0.25) is 15.9 Å². The minimum absolute atomic E-state index is 0.112. The average molecular weight is 407 g/mol. The molecule has 5 nitrogen and oxygen atoms in total. The van der Waals surface area contributed by atoms with Crippen LogP contribution in [0.4, 0.5) is 0 Å². The fourth-order valence-electron chi connectivity index (χ4n) is 4.86. The molecule has 0 atom stereocenters. The molecule has 1 saturated heterocycles. The van der Waals surface area contributed by atoms with E-state index in [0.717, 1.165) is 18.4 Å². The Bertz CT molecular complexity index is 747. The van der Waals surface area contributed by atoms with Crippen LogP contribution < -0.4 is 0 Å². The molecule has 6 heteroatoms. The van der Waals surface area contributed by atoms with Crippen LogP contribution in [0.25, 0.3) is 0 Å². The molecule has 1 heterocycles. The zero-order chi connectivity index (χ0) is 20.2. The lowest BCUT2D eigenvalue weighted by atomic mass is 9.71. The summed E-state index contributed by atoms with van der Waals surface area (Å²) in [5.41, 5.74) is 0.399. The van der Waals surface area contributed by atoms with E-state index in [9.17, 15) is 13.2 Å². The molecule has 0 bridgehead atoms. The van der Waals surface area contributed by atoms with Crippen molar-refractivity contribution in [3.05, 3.63) is 35.9 Å². The molecule has 3 rings (SSSR count). The molecule has 1 aromatic rings. The molecule has 1 aliphatic carbocycles. The van der Waals surface area contributed by atoms with E-state index >= 15 is 0 Å². The van der Waals surface area contributed by atoms with Crippen molar-refractivity contribution in [2.75, 3.05) is 25.9 Å². The summed E-state index contributed by atoms with van der Waals surface area (Å²) in [6.45, 7) is 2.50. The molecular formula is C22H34N2O3S. The number of sulfonamides is 1. The molecule has 0 N–H and O–H groups in total. The van der Waals surface area contributed by atoms with Crippen LogP contribution in [0.2, 0.25) is 0 Å². The summed E-state index contributed by atoms with van der Waals surface area (Å²) in [6.07, 6.45) is 8.12. The number of likely N-dealkylation sites (N-methyl/N-ethyl adjacent to an activating group) is 1. The number of hydrogen-bond donors (Lipinski definition) is 0. The molecule has 28 heavy (non-hydrogen) atoms. The van der Waals surface area contributed by atoms with Crippen molar-refractivity contribution in [1.29, 1.82) is 0 Å². The Hall–Kier alpha value is -1.40. The predicted octanol–water partition coefficient (Wildman–Crippen LogP) is 3.55. The zero-order valence-corrected chi connectivity index (χ0v) is 18.1. The third-order valence-electron chi connectivity index (χ3n) is 6.76. The van der Waals surface area contributed by atoms with E-state index in [4.69, 9.17) is 0 Å². The molecule has 2 aliphatic rings. The minimum Gasteiger partial charge on any atom is -0.342 e. The standard InChI is InChI=1S/C22H34N2O3S/c1-3-28(26,27)24-17-15-22(16-18-24,19-11-7-6-8-12-19)21(25)23(2)20-13-9-4-5-10-14-20/h6-8,11-12,20H,3-5,9-10,13-18H2,1-2H3. The molecule has 1 saturated carbocycles. The van der Waals surface area contributed by atoms with Crippen molar-refractivity contribution >= 4 is 15.9 Å². The number of benzene rings is 1. The maximum absolute atomic E-state index is 13.8.